The minimum absolute atomic E-state index is 0.0602. The second kappa shape index (κ2) is 2.64. The van der Waals surface area contributed by atoms with Gasteiger partial charge in [-0.2, -0.15) is 0 Å². The maximum absolute atomic E-state index is 12.9. The number of Topliss-reactive ketones (excluding diaryl/α,β-unsaturated/α-hetero) is 2. The van der Waals surface area contributed by atoms with E-state index in [9.17, 15) is 14.7 Å². The van der Waals surface area contributed by atoms with Crippen LogP contribution < -0.4 is 0 Å². The lowest BCUT2D eigenvalue weighted by Gasteiger charge is -2.36. The van der Waals surface area contributed by atoms with Gasteiger partial charge in [0.2, 0.25) is 0 Å². The quantitative estimate of drug-likeness (QED) is 0.635. The van der Waals surface area contributed by atoms with Crippen molar-refractivity contribution in [1.29, 1.82) is 0 Å². The van der Waals surface area contributed by atoms with Crippen molar-refractivity contribution in [2.24, 2.45) is 22.7 Å². The van der Waals surface area contributed by atoms with Gasteiger partial charge in [-0.25, -0.2) is 0 Å². The number of fused-ring (bicyclic) bond motifs is 3. The van der Waals surface area contributed by atoms with E-state index in [0.29, 0.717) is 13.0 Å². The van der Waals surface area contributed by atoms with Gasteiger partial charge in [0.15, 0.2) is 17.5 Å². The summed E-state index contributed by atoms with van der Waals surface area (Å²) in [5.41, 5.74) is -2.86. The van der Waals surface area contributed by atoms with Gasteiger partial charge in [0.1, 0.15) is 11.4 Å². The summed E-state index contributed by atoms with van der Waals surface area (Å²) in [6.45, 7) is 6.16. The van der Waals surface area contributed by atoms with E-state index < -0.39 is 34.2 Å². The number of aliphatic hydroxyl groups is 1. The summed E-state index contributed by atoms with van der Waals surface area (Å²) < 4.78 is 11.3. The van der Waals surface area contributed by atoms with Gasteiger partial charge in [-0.05, 0) is 12.3 Å². The van der Waals surface area contributed by atoms with Crippen LogP contribution in [0.15, 0.2) is 0 Å². The van der Waals surface area contributed by atoms with Gasteiger partial charge in [-0.15, -0.1) is 0 Å². The molecule has 5 heteroatoms. The maximum Gasteiger partial charge on any atom is 0.199 e. The Balaban J connectivity index is 1.75. The SMILES string of the molecule is CC1(C)CC2C(O)C34OC3C(=O)C3(CO3)C4(C)C2C1=O. The molecule has 5 fully saturated rings. The van der Waals surface area contributed by atoms with Crippen LogP contribution in [0.25, 0.3) is 0 Å². The summed E-state index contributed by atoms with van der Waals surface area (Å²) in [6, 6.07) is 0. The second-order valence-electron chi connectivity index (χ2n) is 8.01. The Bertz CT molecular complexity index is 591. The van der Waals surface area contributed by atoms with E-state index in [1.54, 1.807) is 0 Å². The van der Waals surface area contributed by atoms with Crippen molar-refractivity contribution in [3.05, 3.63) is 0 Å². The first-order valence-electron chi connectivity index (χ1n) is 7.32. The predicted molar refractivity (Wildman–Crippen MR) is 65.8 cm³/mol. The third kappa shape index (κ3) is 0.780. The molecule has 5 rings (SSSR count). The molecule has 7 atom stereocenters. The Morgan fingerprint density at radius 2 is 1.85 bits per heavy atom. The van der Waals surface area contributed by atoms with Crippen molar-refractivity contribution in [1.82, 2.24) is 0 Å². The van der Waals surface area contributed by atoms with Gasteiger partial charge in [0.05, 0.1) is 18.1 Å². The molecule has 0 aromatic heterocycles. The number of epoxide rings is 2. The summed E-state index contributed by atoms with van der Waals surface area (Å²) in [6.07, 6.45) is -0.637. The fourth-order valence-corrected chi connectivity index (χ4v) is 5.85. The highest BCUT2D eigenvalue weighted by Crippen LogP contribution is 2.80. The third-order valence-electron chi connectivity index (χ3n) is 6.96. The fourth-order valence-electron chi connectivity index (χ4n) is 5.85. The zero-order chi connectivity index (χ0) is 14.3. The Morgan fingerprint density at radius 3 is 2.45 bits per heavy atom. The number of ketones is 2. The first-order chi connectivity index (χ1) is 9.24. The number of carbonyl (C=O) groups excluding carboxylic acids is 2. The van der Waals surface area contributed by atoms with Gasteiger partial charge < -0.3 is 14.6 Å². The Kier molecular flexibility index (Phi) is 1.56. The smallest absolute Gasteiger partial charge is 0.199 e. The lowest BCUT2D eigenvalue weighted by atomic mass is 9.65. The molecule has 5 nitrogen and oxygen atoms in total. The van der Waals surface area contributed by atoms with Crippen molar-refractivity contribution in [3.8, 4) is 0 Å². The number of rotatable bonds is 0. The van der Waals surface area contributed by atoms with Crippen LogP contribution in [0.5, 0.6) is 0 Å². The van der Waals surface area contributed by atoms with Crippen molar-refractivity contribution in [2.45, 2.75) is 50.6 Å². The van der Waals surface area contributed by atoms with Gasteiger partial charge in [0, 0.05) is 11.3 Å². The zero-order valence-corrected chi connectivity index (χ0v) is 11.8. The molecule has 7 unspecified atom stereocenters. The number of hydrogen-bond donors (Lipinski definition) is 1. The molecule has 0 aromatic rings. The maximum atomic E-state index is 12.9. The van der Waals surface area contributed by atoms with E-state index >= 15 is 0 Å². The highest BCUT2D eigenvalue weighted by atomic mass is 16.7. The molecule has 5 aliphatic rings. The van der Waals surface area contributed by atoms with Crippen molar-refractivity contribution >= 4 is 11.6 Å². The van der Waals surface area contributed by atoms with Gasteiger partial charge in [0.25, 0.3) is 0 Å². The summed E-state index contributed by atoms with van der Waals surface area (Å²) in [4.78, 5) is 25.3. The number of hydrogen-bond acceptors (Lipinski definition) is 5. The van der Waals surface area contributed by atoms with E-state index in [1.807, 2.05) is 20.8 Å². The average Bonchev–Trinajstić information content (AvgIpc) is 3.24. The molecule has 3 saturated carbocycles. The van der Waals surface area contributed by atoms with Crippen LogP contribution in [0.4, 0.5) is 0 Å². The van der Waals surface area contributed by atoms with Crippen LogP contribution in [-0.2, 0) is 19.1 Å². The number of ether oxygens (including phenoxy) is 2. The average molecular weight is 278 g/mol. The van der Waals surface area contributed by atoms with Crippen LogP contribution in [0.2, 0.25) is 0 Å². The third-order valence-corrected chi connectivity index (χ3v) is 6.96. The first-order valence-corrected chi connectivity index (χ1v) is 7.32. The van der Waals surface area contributed by atoms with Crippen LogP contribution in [0.1, 0.15) is 27.2 Å². The minimum Gasteiger partial charge on any atom is -0.390 e. The predicted octanol–water partition coefficient (Wildman–Crippen LogP) is 0.0879. The van der Waals surface area contributed by atoms with Crippen LogP contribution >= 0.6 is 0 Å². The lowest BCUT2D eigenvalue weighted by molar-refractivity contribution is -0.139. The fraction of sp³-hybridized carbons (Fsp3) is 0.867. The standard InChI is InChI=1S/C15H18O5/c1-12(2)4-6-7(9(12)17)13(3)14(5-19-14)10(18)11-15(13,20-11)8(6)16/h6-8,11,16H,4-5H2,1-3H3. The molecule has 2 heterocycles. The molecule has 0 amide bonds. The largest absolute Gasteiger partial charge is 0.390 e. The highest BCUT2D eigenvalue weighted by Gasteiger charge is 2.97. The monoisotopic (exact) mass is 278 g/mol. The molecule has 1 N–H and O–H groups in total. The lowest BCUT2D eigenvalue weighted by Crippen LogP contribution is -2.51. The molecule has 2 aliphatic heterocycles. The molecular formula is C15H18O5. The normalized spacial score (nSPS) is 64.4. The van der Waals surface area contributed by atoms with Gasteiger partial charge >= 0.3 is 0 Å². The summed E-state index contributed by atoms with van der Waals surface area (Å²) in [5, 5.41) is 10.8. The Labute approximate surface area is 116 Å². The molecule has 108 valence electrons. The summed E-state index contributed by atoms with van der Waals surface area (Å²) in [7, 11) is 0. The molecule has 2 spiro atoms. The van der Waals surface area contributed by atoms with E-state index in [2.05, 4.69) is 0 Å². The van der Waals surface area contributed by atoms with E-state index in [-0.39, 0.29) is 23.4 Å². The molecule has 20 heavy (non-hydrogen) atoms. The van der Waals surface area contributed by atoms with Gasteiger partial charge in [-0.1, -0.05) is 20.8 Å². The minimum atomic E-state index is -0.869. The van der Waals surface area contributed by atoms with Crippen LogP contribution in [-0.4, -0.2) is 46.7 Å². The molecule has 0 bridgehead atoms. The molecule has 0 aromatic carbocycles. The highest BCUT2D eigenvalue weighted by molar-refractivity contribution is 6.05. The van der Waals surface area contributed by atoms with Crippen molar-refractivity contribution in [2.75, 3.05) is 6.61 Å². The van der Waals surface area contributed by atoms with Gasteiger partial charge in [-0.3, -0.25) is 9.59 Å². The summed E-state index contributed by atoms with van der Waals surface area (Å²) >= 11 is 0. The van der Waals surface area contributed by atoms with E-state index in [4.69, 9.17) is 9.47 Å². The Morgan fingerprint density at radius 1 is 1.20 bits per heavy atom. The Hall–Kier alpha value is -0.780. The first kappa shape index (κ1) is 11.8. The van der Waals surface area contributed by atoms with Crippen LogP contribution in [0, 0.1) is 22.7 Å². The van der Waals surface area contributed by atoms with Crippen LogP contribution in [0.3, 0.4) is 0 Å². The molecule has 0 radical (unpaired) electrons. The van der Waals surface area contributed by atoms with Crippen molar-refractivity contribution in [3.63, 3.8) is 0 Å². The molecule has 3 aliphatic carbocycles. The second-order valence-corrected chi connectivity index (χ2v) is 8.01. The summed E-state index contributed by atoms with van der Waals surface area (Å²) in [5.74, 6) is -0.345. The van der Waals surface area contributed by atoms with E-state index in [1.165, 1.54) is 0 Å². The zero-order valence-electron chi connectivity index (χ0n) is 11.8. The van der Waals surface area contributed by atoms with Crippen molar-refractivity contribution < 1.29 is 24.2 Å². The number of aliphatic hydroxyl groups excluding tert-OH is 1. The number of carbonyl (C=O) groups is 2. The molecule has 2 saturated heterocycles. The topological polar surface area (TPSA) is 79.4 Å². The van der Waals surface area contributed by atoms with E-state index in [0.717, 1.165) is 0 Å². The molecular weight excluding hydrogens is 260 g/mol.